The van der Waals surface area contributed by atoms with Crippen LogP contribution >= 0.6 is 23.2 Å². The first-order valence-corrected chi connectivity index (χ1v) is 10.7. The number of carbonyl (C=O) groups excluding carboxylic acids is 1. The van der Waals surface area contributed by atoms with E-state index in [1.807, 2.05) is 0 Å². The third kappa shape index (κ3) is 5.28. The van der Waals surface area contributed by atoms with Crippen molar-refractivity contribution in [3.8, 4) is 5.75 Å². The Hall–Kier alpha value is -1.96. The molecule has 0 aliphatic heterocycles. The normalized spacial score (nSPS) is 12.3. The average Bonchev–Trinajstić information content (AvgIpc) is 2.60. The lowest BCUT2D eigenvalue weighted by Crippen LogP contribution is -2.47. The van der Waals surface area contributed by atoms with Crippen molar-refractivity contribution in [3.05, 3.63) is 52.5 Å². The van der Waals surface area contributed by atoms with Gasteiger partial charge in [0.05, 0.1) is 19.1 Å². The van der Waals surface area contributed by atoms with Crippen LogP contribution in [0.15, 0.2) is 42.5 Å². The van der Waals surface area contributed by atoms with E-state index in [4.69, 9.17) is 27.9 Å². The first-order valence-electron chi connectivity index (χ1n) is 8.06. The molecule has 0 saturated heterocycles. The largest absolute Gasteiger partial charge is 0.495 e. The summed E-state index contributed by atoms with van der Waals surface area (Å²) in [6, 6.07) is 10.1. The maximum Gasteiger partial charge on any atom is 0.248 e. The number of sulfonamides is 1. The summed E-state index contributed by atoms with van der Waals surface area (Å²) in [6.45, 7) is 1.72. The van der Waals surface area contributed by atoms with Gasteiger partial charge in [-0.05, 0) is 48.9 Å². The Labute approximate surface area is 169 Å². The van der Waals surface area contributed by atoms with E-state index >= 15 is 0 Å². The van der Waals surface area contributed by atoms with Crippen LogP contribution < -0.4 is 14.4 Å². The van der Waals surface area contributed by atoms with Gasteiger partial charge in [-0.1, -0.05) is 30.1 Å². The van der Waals surface area contributed by atoms with Gasteiger partial charge in [0.15, 0.2) is 0 Å². The summed E-state index contributed by atoms with van der Waals surface area (Å²) >= 11 is 11.9. The highest BCUT2D eigenvalue weighted by Gasteiger charge is 2.33. The lowest BCUT2D eigenvalue weighted by molar-refractivity contribution is -0.117. The van der Waals surface area contributed by atoms with Crippen LogP contribution in [0.2, 0.25) is 10.0 Å². The second-order valence-electron chi connectivity index (χ2n) is 5.80. The maximum atomic E-state index is 12.9. The summed E-state index contributed by atoms with van der Waals surface area (Å²) in [4.78, 5) is 12.9. The van der Waals surface area contributed by atoms with Crippen LogP contribution in [0.4, 0.5) is 11.4 Å². The predicted octanol–water partition coefficient (Wildman–Crippen LogP) is 4.19. The number of hydrogen-bond donors (Lipinski definition) is 1. The highest BCUT2D eigenvalue weighted by molar-refractivity contribution is 7.92. The Morgan fingerprint density at radius 1 is 1.15 bits per heavy atom. The van der Waals surface area contributed by atoms with E-state index in [-0.39, 0.29) is 12.1 Å². The van der Waals surface area contributed by atoms with Gasteiger partial charge >= 0.3 is 0 Å². The maximum absolute atomic E-state index is 12.9. The molecule has 2 aromatic carbocycles. The Balaban J connectivity index is 2.46. The smallest absolute Gasteiger partial charge is 0.248 e. The van der Waals surface area contributed by atoms with Gasteiger partial charge < -0.3 is 10.1 Å². The Morgan fingerprint density at radius 2 is 1.74 bits per heavy atom. The minimum atomic E-state index is -3.81. The van der Waals surface area contributed by atoms with Gasteiger partial charge in [0.25, 0.3) is 0 Å². The first kappa shape index (κ1) is 21.3. The van der Waals surface area contributed by atoms with Crippen LogP contribution in [0.25, 0.3) is 0 Å². The monoisotopic (exact) mass is 430 g/mol. The summed E-state index contributed by atoms with van der Waals surface area (Å²) < 4.78 is 31.4. The van der Waals surface area contributed by atoms with Crippen molar-refractivity contribution in [1.82, 2.24) is 0 Å². The van der Waals surface area contributed by atoms with Crippen LogP contribution in [0.5, 0.6) is 5.75 Å². The molecular formula is C18H20Cl2N2O4S. The van der Waals surface area contributed by atoms with E-state index in [2.05, 4.69) is 5.32 Å². The predicted molar refractivity (Wildman–Crippen MR) is 109 cm³/mol. The molecule has 1 unspecified atom stereocenters. The molecule has 0 aliphatic carbocycles. The Morgan fingerprint density at radius 3 is 2.26 bits per heavy atom. The van der Waals surface area contributed by atoms with Crippen LogP contribution in [0.3, 0.4) is 0 Å². The van der Waals surface area contributed by atoms with Crippen LogP contribution in [0, 0.1) is 0 Å². The van der Waals surface area contributed by atoms with Crippen LogP contribution in [0.1, 0.15) is 13.3 Å². The van der Waals surface area contributed by atoms with E-state index < -0.39 is 22.0 Å². The van der Waals surface area contributed by atoms with Crippen molar-refractivity contribution in [2.45, 2.75) is 19.4 Å². The zero-order valence-electron chi connectivity index (χ0n) is 15.1. The van der Waals surface area contributed by atoms with Gasteiger partial charge in [-0.3, -0.25) is 9.10 Å². The Bertz CT molecular complexity index is 917. The van der Waals surface area contributed by atoms with Crippen LogP contribution in [-0.4, -0.2) is 33.7 Å². The molecule has 0 spiro atoms. The van der Waals surface area contributed by atoms with Crippen molar-refractivity contribution in [3.63, 3.8) is 0 Å². The number of ether oxygens (including phenoxy) is 1. The van der Waals surface area contributed by atoms with Gasteiger partial charge in [-0.15, -0.1) is 0 Å². The summed E-state index contributed by atoms with van der Waals surface area (Å²) in [5.41, 5.74) is 0.708. The molecule has 0 radical (unpaired) electrons. The molecule has 9 heteroatoms. The molecule has 27 heavy (non-hydrogen) atoms. The van der Waals surface area contributed by atoms with Crippen molar-refractivity contribution in [2.75, 3.05) is 23.0 Å². The van der Waals surface area contributed by atoms with Crippen molar-refractivity contribution < 1.29 is 17.9 Å². The minimum Gasteiger partial charge on any atom is -0.495 e. The molecule has 0 aromatic heterocycles. The number of anilines is 2. The molecule has 0 fully saturated rings. The zero-order chi connectivity index (χ0) is 20.2. The molecule has 2 rings (SSSR count). The second-order valence-corrected chi connectivity index (χ2v) is 8.53. The molecular weight excluding hydrogens is 411 g/mol. The fourth-order valence-electron chi connectivity index (χ4n) is 2.63. The number of halogens is 2. The van der Waals surface area contributed by atoms with E-state index in [9.17, 15) is 13.2 Å². The molecule has 6 nitrogen and oxygen atoms in total. The van der Waals surface area contributed by atoms with Crippen molar-refractivity contribution in [2.24, 2.45) is 0 Å². The summed E-state index contributed by atoms with van der Waals surface area (Å²) in [6.07, 6.45) is 1.27. The molecule has 0 bridgehead atoms. The van der Waals surface area contributed by atoms with E-state index in [0.717, 1.165) is 10.6 Å². The SMILES string of the molecule is CCC(C(=O)Nc1ccc(Cl)cc1)N(c1cc(Cl)ccc1OC)S(C)(=O)=O. The van der Waals surface area contributed by atoms with E-state index in [1.165, 1.54) is 13.2 Å². The average molecular weight is 431 g/mol. The molecule has 0 saturated carbocycles. The second kappa shape index (κ2) is 8.82. The number of methoxy groups -OCH3 is 1. The standard InChI is InChI=1S/C18H20Cl2N2O4S/c1-4-15(18(23)21-14-8-5-12(19)6-9-14)22(27(3,24)25)16-11-13(20)7-10-17(16)26-2/h5-11,15H,4H2,1-3H3,(H,21,23). The van der Waals surface area contributed by atoms with Gasteiger partial charge in [0.1, 0.15) is 11.8 Å². The number of carbonyl (C=O) groups is 1. The summed E-state index contributed by atoms with van der Waals surface area (Å²) in [7, 11) is -2.39. The van der Waals surface area contributed by atoms with Crippen molar-refractivity contribution >= 4 is 50.5 Å². The number of amides is 1. The fraction of sp³-hybridized carbons (Fsp3) is 0.278. The Kier molecular flexibility index (Phi) is 6.97. The molecule has 1 N–H and O–H groups in total. The topological polar surface area (TPSA) is 75.7 Å². The quantitative estimate of drug-likeness (QED) is 0.714. The zero-order valence-corrected chi connectivity index (χ0v) is 17.4. The highest BCUT2D eigenvalue weighted by atomic mass is 35.5. The number of rotatable bonds is 7. The molecule has 1 atom stereocenters. The molecule has 2 aromatic rings. The third-order valence-corrected chi connectivity index (χ3v) is 5.47. The number of benzene rings is 2. The summed E-state index contributed by atoms with van der Waals surface area (Å²) in [5.74, 6) is -0.185. The number of hydrogen-bond acceptors (Lipinski definition) is 4. The van der Waals surface area contributed by atoms with E-state index in [0.29, 0.717) is 21.5 Å². The minimum absolute atomic E-state index is 0.200. The van der Waals surface area contributed by atoms with Crippen molar-refractivity contribution in [1.29, 1.82) is 0 Å². The van der Waals surface area contributed by atoms with E-state index in [1.54, 1.807) is 43.3 Å². The molecule has 0 heterocycles. The molecule has 146 valence electrons. The number of nitrogens with one attached hydrogen (secondary N) is 1. The number of nitrogens with zero attached hydrogens (tertiary/aromatic N) is 1. The van der Waals surface area contributed by atoms with Gasteiger partial charge in [0.2, 0.25) is 15.9 Å². The van der Waals surface area contributed by atoms with Crippen LogP contribution in [-0.2, 0) is 14.8 Å². The van der Waals surface area contributed by atoms with Gasteiger partial charge in [0, 0.05) is 15.7 Å². The highest BCUT2D eigenvalue weighted by Crippen LogP contribution is 2.35. The third-order valence-electron chi connectivity index (χ3n) is 3.82. The van der Waals surface area contributed by atoms with Gasteiger partial charge in [-0.2, -0.15) is 0 Å². The first-order chi connectivity index (χ1) is 12.7. The lowest BCUT2D eigenvalue weighted by atomic mass is 10.1. The molecule has 0 aliphatic rings. The summed E-state index contributed by atoms with van der Waals surface area (Å²) in [5, 5.41) is 3.57. The fourth-order valence-corrected chi connectivity index (χ4v) is 4.13. The lowest BCUT2D eigenvalue weighted by Gasteiger charge is -2.31. The molecule has 1 amide bonds. The van der Waals surface area contributed by atoms with Gasteiger partial charge in [-0.25, -0.2) is 8.42 Å².